The summed E-state index contributed by atoms with van der Waals surface area (Å²) < 4.78 is 5.89. The highest BCUT2D eigenvalue weighted by Crippen LogP contribution is 2.27. The molecule has 2 aromatic rings. The Bertz CT molecular complexity index is 630. The van der Waals surface area contributed by atoms with E-state index in [4.69, 9.17) is 10.5 Å². The molecule has 110 valence electrons. The van der Waals surface area contributed by atoms with Gasteiger partial charge < -0.3 is 10.5 Å². The summed E-state index contributed by atoms with van der Waals surface area (Å²) >= 11 is 0. The summed E-state index contributed by atoms with van der Waals surface area (Å²) in [5.41, 5.74) is 7.67. The van der Waals surface area contributed by atoms with E-state index in [0.29, 0.717) is 12.2 Å². The van der Waals surface area contributed by atoms with E-state index in [1.54, 1.807) is 0 Å². The fourth-order valence-electron chi connectivity index (χ4n) is 3.67. The van der Waals surface area contributed by atoms with Gasteiger partial charge in [-0.3, -0.25) is 4.90 Å². The minimum atomic E-state index is 0.0760. The molecule has 3 heteroatoms. The Kier molecular flexibility index (Phi) is 3.42. The fraction of sp³-hybridized carbons (Fsp3) is 0.444. The van der Waals surface area contributed by atoms with Gasteiger partial charge in [-0.2, -0.15) is 0 Å². The Morgan fingerprint density at radius 2 is 1.76 bits per heavy atom. The summed E-state index contributed by atoms with van der Waals surface area (Å²) in [6.07, 6.45) is 3.30. The number of nitrogens with two attached hydrogens (primary N) is 1. The lowest BCUT2D eigenvalue weighted by Crippen LogP contribution is -2.45. The van der Waals surface area contributed by atoms with Crippen LogP contribution in [0, 0.1) is 0 Å². The van der Waals surface area contributed by atoms with Gasteiger partial charge >= 0.3 is 0 Å². The Morgan fingerprint density at radius 1 is 1.05 bits per heavy atom. The number of hydrogen-bond donors (Lipinski definition) is 1. The molecule has 21 heavy (non-hydrogen) atoms. The molecule has 0 saturated carbocycles. The van der Waals surface area contributed by atoms with E-state index in [1.165, 1.54) is 29.2 Å². The summed E-state index contributed by atoms with van der Waals surface area (Å²) in [6, 6.07) is 15.1. The quantitative estimate of drug-likeness (QED) is 0.940. The number of hydrogen-bond acceptors (Lipinski definition) is 3. The van der Waals surface area contributed by atoms with Crippen molar-refractivity contribution in [2.75, 3.05) is 19.6 Å². The van der Waals surface area contributed by atoms with Crippen molar-refractivity contribution in [1.29, 1.82) is 0 Å². The van der Waals surface area contributed by atoms with Crippen LogP contribution < -0.4 is 5.73 Å². The van der Waals surface area contributed by atoms with Crippen molar-refractivity contribution in [3.05, 3.63) is 48.0 Å². The fourth-order valence-corrected chi connectivity index (χ4v) is 3.67. The number of rotatable bonds is 3. The number of morpholine rings is 1. The van der Waals surface area contributed by atoms with Crippen LogP contribution in [0.15, 0.2) is 42.5 Å². The smallest absolute Gasteiger partial charge is 0.0707 e. The van der Waals surface area contributed by atoms with Crippen molar-refractivity contribution >= 4 is 10.8 Å². The molecule has 2 heterocycles. The second kappa shape index (κ2) is 5.41. The molecule has 2 aliphatic rings. The predicted octanol–water partition coefficient (Wildman–Crippen LogP) is 2.70. The minimum absolute atomic E-state index is 0.0760. The summed E-state index contributed by atoms with van der Waals surface area (Å²) in [5.74, 6) is 0. The lowest BCUT2D eigenvalue weighted by atomic mass is 10.0. The van der Waals surface area contributed by atoms with Crippen LogP contribution in [0.4, 0.5) is 0 Å². The Labute approximate surface area is 125 Å². The predicted molar refractivity (Wildman–Crippen MR) is 85.2 cm³/mol. The van der Waals surface area contributed by atoms with Gasteiger partial charge in [0.1, 0.15) is 0 Å². The molecule has 0 amide bonds. The first-order valence-corrected chi connectivity index (χ1v) is 7.90. The van der Waals surface area contributed by atoms with Gasteiger partial charge in [0.15, 0.2) is 0 Å². The molecule has 3 unspecified atom stereocenters. The van der Waals surface area contributed by atoms with Crippen LogP contribution >= 0.6 is 0 Å². The summed E-state index contributed by atoms with van der Waals surface area (Å²) in [6.45, 7) is 3.00. The molecule has 2 fully saturated rings. The van der Waals surface area contributed by atoms with Gasteiger partial charge in [-0.25, -0.2) is 0 Å². The molecule has 2 N–H and O–H groups in total. The van der Waals surface area contributed by atoms with Gasteiger partial charge in [0.25, 0.3) is 0 Å². The molecule has 3 nitrogen and oxygen atoms in total. The highest BCUT2D eigenvalue weighted by atomic mass is 16.5. The second-order valence-electron chi connectivity index (χ2n) is 6.39. The van der Waals surface area contributed by atoms with Crippen LogP contribution in [0.5, 0.6) is 0 Å². The summed E-state index contributed by atoms with van der Waals surface area (Å²) in [7, 11) is 0. The molecule has 0 aliphatic carbocycles. The van der Waals surface area contributed by atoms with Crippen LogP contribution in [-0.2, 0) is 4.74 Å². The topological polar surface area (TPSA) is 38.5 Å². The van der Waals surface area contributed by atoms with Crippen molar-refractivity contribution in [2.24, 2.45) is 5.73 Å². The number of likely N-dealkylation sites (tertiary alicyclic amines) is 1. The second-order valence-corrected chi connectivity index (χ2v) is 6.39. The van der Waals surface area contributed by atoms with Crippen molar-refractivity contribution in [1.82, 2.24) is 4.90 Å². The van der Waals surface area contributed by atoms with E-state index >= 15 is 0 Å². The van der Waals surface area contributed by atoms with Crippen LogP contribution in [-0.4, -0.2) is 36.7 Å². The average Bonchev–Trinajstić information content (AvgIpc) is 2.85. The highest BCUT2D eigenvalue weighted by molar-refractivity contribution is 5.83. The average molecular weight is 282 g/mol. The van der Waals surface area contributed by atoms with Crippen molar-refractivity contribution < 1.29 is 4.74 Å². The summed E-state index contributed by atoms with van der Waals surface area (Å²) in [5, 5.41) is 2.55. The molecule has 0 radical (unpaired) electrons. The SMILES string of the molecule is NC(CN1CC2CCC(C1)O2)c1ccc2ccccc2c1. The van der Waals surface area contributed by atoms with Crippen LogP contribution in [0.2, 0.25) is 0 Å². The standard InChI is InChI=1S/C18H22N2O/c19-18(12-20-10-16-7-8-17(11-20)21-16)15-6-5-13-3-1-2-4-14(13)9-15/h1-6,9,16-18H,7-8,10-12,19H2. The number of benzene rings is 2. The number of nitrogens with zero attached hydrogens (tertiary/aromatic N) is 1. The molecule has 0 aromatic heterocycles. The summed E-state index contributed by atoms with van der Waals surface area (Å²) in [4.78, 5) is 2.48. The maximum absolute atomic E-state index is 6.45. The molecule has 0 spiro atoms. The monoisotopic (exact) mass is 282 g/mol. The van der Waals surface area contributed by atoms with Crippen LogP contribution in [0.1, 0.15) is 24.4 Å². The zero-order valence-corrected chi connectivity index (χ0v) is 12.2. The van der Waals surface area contributed by atoms with Crippen LogP contribution in [0.3, 0.4) is 0 Å². The van der Waals surface area contributed by atoms with Gasteiger partial charge in [0.2, 0.25) is 0 Å². The van der Waals surface area contributed by atoms with E-state index in [-0.39, 0.29) is 6.04 Å². The number of ether oxygens (including phenoxy) is 1. The first-order chi connectivity index (χ1) is 10.3. The van der Waals surface area contributed by atoms with Gasteiger partial charge in [0.05, 0.1) is 12.2 Å². The Hall–Kier alpha value is -1.42. The maximum atomic E-state index is 6.45. The normalized spacial score (nSPS) is 27.1. The third-order valence-electron chi connectivity index (χ3n) is 4.78. The molecule has 2 bridgehead atoms. The maximum Gasteiger partial charge on any atom is 0.0707 e. The molecular formula is C18H22N2O. The molecular weight excluding hydrogens is 260 g/mol. The molecule has 2 aromatic carbocycles. The lowest BCUT2D eigenvalue weighted by molar-refractivity contribution is -0.0397. The van der Waals surface area contributed by atoms with E-state index < -0.39 is 0 Å². The van der Waals surface area contributed by atoms with Crippen molar-refractivity contribution in [3.63, 3.8) is 0 Å². The van der Waals surface area contributed by atoms with Gasteiger partial charge in [-0.15, -0.1) is 0 Å². The lowest BCUT2D eigenvalue weighted by Gasteiger charge is -2.33. The molecule has 3 atom stereocenters. The zero-order chi connectivity index (χ0) is 14.2. The largest absolute Gasteiger partial charge is 0.372 e. The first-order valence-electron chi connectivity index (χ1n) is 7.90. The van der Waals surface area contributed by atoms with Crippen LogP contribution in [0.25, 0.3) is 10.8 Å². The van der Waals surface area contributed by atoms with E-state index in [1.807, 2.05) is 0 Å². The van der Waals surface area contributed by atoms with Gasteiger partial charge in [0, 0.05) is 25.7 Å². The zero-order valence-electron chi connectivity index (χ0n) is 12.2. The van der Waals surface area contributed by atoms with E-state index in [2.05, 4.69) is 47.4 Å². The third-order valence-corrected chi connectivity index (χ3v) is 4.78. The third kappa shape index (κ3) is 2.69. The highest BCUT2D eigenvalue weighted by Gasteiger charge is 2.34. The molecule has 2 aliphatic heterocycles. The van der Waals surface area contributed by atoms with E-state index in [0.717, 1.165) is 19.6 Å². The van der Waals surface area contributed by atoms with Crippen molar-refractivity contribution in [3.8, 4) is 0 Å². The molecule has 2 saturated heterocycles. The number of fused-ring (bicyclic) bond motifs is 3. The van der Waals surface area contributed by atoms with Crippen molar-refractivity contribution in [2.45, 2.75) is 31.1 Å². The van der Waals surface area contributed by atoms with Gasteiger partial charge in [-0.1, -0.05) is 36.4 Å². The Morgan fingerprint density at radius 3 is 2.52 bits per heavy atom. The molecule has 4 rings (SSSR count). The first kappa shape index (κ1) is 13.3. The van der Waals surface area contributed by atoms with E-state index in [9.17, 15) is 0 Å². The Balaban J connectivity index is 1.49. The van der Waals surface area contributed by atoms with Gasteiger partial charge in [-0.05, 0) is 35.2 Å². The minimum Gasteiger partial charge on any atom is -0.372 e.